The van der Waals surface area contributed by atoms with Crippen molar-refractivity contribution < 1.29 is 17.9 Å². The molecule has 1 amide bonds. The van der Waals surface area contributed by atoms with Crippen molar-refractivity contribution in [2.24, 2.45) is 0 Å². The number of thiophene rings is 1. The van der Waals surface area contributed by atoms with Gasteiger partial charge in [-0.25, -0.2) is 8.42 Å². The van der Waals surface area contributed by atoms with E-state index in [1.165, 1.54) is 12.5 Å². The molecule has 1 rings (SSSR count). The van der Waals surface area contributed by atoms with Crippen LogP contribution in [-0.2, 0) is 13.8 Å². The maximum atomic E-state index is 11.9. The summed E-state index contributed by atoms with van der Waals surface area (Å²) >= 11 is 0.940. The fourth-order valence-electron chi connectivity index (χ4n) is 1.46. The van der Waals surface area contributed by atoms with E-state index in [9.17, 15) is 13.2 Å². The molecule has 1 aromatic rings. The maximum absolute atomic E-state index is 11.9. The highest BCUT2D eigenvalue weighted by Gasteiger charge is 2.22. The Morgan fingerprint density at radius 3 is 2.67 bits per heavy atom. The Bertz CT molecular complexity index is 538. The van der Waals surface area contributed by atoms with Crippen LogP contribution in [-0.4, -0.2) is 34.1 Å². The lowest BCUT2D eigenvalue weighted by molar-refractivity contribution is 0.0905. The molecule has 18 heavy (non-hydrogen) atoms. The van der Waals surface area contributed by atoms with Crippen LogP contribution in [0.5, 0.6) is 0 Å². The van der Waals surface area contributed by atoms with Crippen molar-refractivity contribution in [1.29, 1.82) is 0 Å². The second kappa shape index (κ2) is 6.01. The number of hydrogen-bond donors (Lipinski definition) is 1. The Labute approximate surface area is 115 Å². The number of amides is 1. The highest BCUT2D eigenvalue weighted by molar-refractivity contribution is 8.15. The average molecular weight is 312 g/mol. The summed E-state index contributed by atoms with van der Waals surface area (Å²) in [6, 6.07) is -0.155. The van der Waals surface area contributed by atoms with Gasteiger partial charge in [-0.1, -0.05) is 0 Å². The normalized spacial score (nSPS) is 13.3. The molecule has 0 radical (unpaired) electrons. The molecule has 0 bridgehead atoms. The third kappa shape index (κ3) is 3.68. The van der Waals surface area contributed by atoms with Gasteiger partial charge in [-0.15, -0.1) is 11.3 Å². The minimum absolute atomic E-state index is 0.00807. The molecule has 0 saturated heterocycles. The average Bonchev–Trinajstić information content (AvgIpc) is 2.59. The number of ether oxygens (including phenoxy) is 1. The minimum Gasteiger partial charge on any atom is -0.383 e. The molecule has 1 N–H and O–H groups in total. The second-order valence-corrected chi connectivity index (χ2v) is 7.47. The van der Waals surface area contributed by atoms with E-state index in [-0.39, 0.29) is 16.2 Å². The summed E-state index contributed by atoms with van der Waals surface area (Å²) in [5.41, 5.74) is 0.694. The first-order valence-corrected chi connectivity index (χ1v) is 8.28. The van der Waals surface area contributed by atoms with Gasteiger partial charge in [0.25, 0.3) is 15.0 Å². The molecule has 0 spiro atoms. The summed E-state index contributed by atoms with van der Waals surface area (Å²) in [6.45, 7) is 3.74. The number of halogens is 1. The first kappa shape index (κ1) is 15.4. The Balaban J connectivity index is 2.92. The summed E-state index contributed by atoms with van der Waals surface area (Å²) < 4.78 is 27.4. The van der Waals surface area contributed by atoms with Gasteiger partial charge in [-0.3, -0.25) is 4.79 Å². The highest BCUT2D eigenvalue weighted by atomic mass is 35.7. The molecule has 1 heterocycles. The lowest BCUT2D eigenvalue weighted by Gasteiger charge is -2.12. The number of hydrogen-bond acceptors (Lipinski definition) is 5. The Kier molecular flexibility index (Phi) is 5.15. The van der Waals surface area contributed by atoms with E-state index in [2.05, 4.69) is 5.32 Å². The van der Waals surface area contributed by atoms with Crippen LogP contribution in [0.2, 0.25) is 0 Å². The summed E-state index contributed by atoms with van der Waals surface area (Å²) in [6.07, 6.45) is 0. The van der Waals surface area contributed by atoms with Crippen molar-refractivity contribution in [2.75, 3.05) is 13.7 Å². The van der Waals surface area contributed by atoms with Gasteiger partial charge in [0.05, 0.1) is 12.2 Å². The van der Waals surface area contributed by atoms with Crippen molar-refractivity contribution in [3.63, 3.8) is 0 Å². The first-order valence-electron chi connectivity index (χ1n) is 5.10. The Morgan fingerprint density at radius 2 is 2.22 bits per heavy atom. The van der Waals surface area contributed by atoms with Crippen LogP contribution in [0.4, 0.5) is 0 Å². The quantitative estimate of drug-likeness (QED) is 0.841. The third-order valence-corrected chi connectivity index (χ3v) is 5.56. The smallest absolute Gasteiger partial charge is 0.271 e. The maximum Gasteiger partial charge on any atom is 0.271 e. The number of nitrogens with one attached hydrogen (secondary N) is 1. The summed E-state index contributed by atoms with van der Waals surface area (Å²) in [5, 5.41) is 4.19. The molecule has 5 nitrogen and oxygen atoms in total. The van der Waals surface area contributed by atoms with E-state index in [1.54, 1.807) is 13.8 Å². The van der Waals surface area contributed by atoms with Crippen LogP contribution < -0.4 is 5.32 Å². The number of rotatable bonds is 5. The van der Waals surface area contributed by atoms with Crippen molar-refractivity contribution in [2.45, 2.75) is 24.1 Å². The SMILES string of the molecule is COCC(C)NC(=O)c1csc(S(=O)(=O)Cl)c1C. The number of carbonyl (C=O) groups excluding carboxylic acids is 1. The molecule has 1 aromatic heterocycles. The Morgan fingerprint density at radius 1 is 1.61 bits per heavy atom. The van der Waals surface area contributed by atoms with Gasteiger partial charge in [0, 0.05) is 29.2 Å². The molecule has 0 saturated carbocycles. The monoisotopic (exact) mass is 311 g/mol. The van der Waals surface area contributed by atoms with Gasteiger partial charge < -0.3 is 10.1 Å². The molecule has 8 heteroatoms. The summed E-state index contributed by atoms with van der Waals surface area (Å²) in [7, 11) is 3.01. The predicted octanol–water partition coefficient (Wildman–Crippen LogP) is 1.75. The van der Waals surface area contributed by atoms with Crippen LogP contribution in [0.1, 0.15) is 22.8 Å². The van der Waals surface area contributed by atoms with E-state index in [1.807, 2.05) is 0 Å². The molecule has 0 aliphatic rings. The molecule has 0 aliphatic heterocycles. The minimum atomic E-state index is -3.80. The third-order valence-electron chi connectivity index (χ3n) is 2.25. The van der Waals surface area contributed by atoms with Gasteiger partial charge in [-0.05, 0) is 19.4 Å². The van der Waals surface area contributed by atoms with E-state index < -0.39 is 9.05 Å². The first-order chi connectivity index (χ1) is 8.27. The fourth-order valence-corrected chi connectivity index (χ4v) is 4.01. The largest absolute Gasteiger partial charge is 0.383 e. The van der Waals surface area contributed by atoms with Crippen LogP contribution >= 0.6 is 22.0 Å². The van der Waals surface area contributed by atoms with Crippen molar-refractivity contribution in [3.05, 3.63) is 16.5 Å². The van der Waals surface area contributed by atoms with E-state index in [0.717, 1.165) is 11.3 Å². The van der Waals surface area contributed by atoms with Gasteiger partial charge >= 0.3 is 0 Å². The zero-order valence-electron chi connectivity index (χ0n) is 10.2. The van der Waals surface area contributed by atoms with Gasteiger partial charge in [0.1, 0.15) is 4.21 Å². The molecule has 1 atom stereocenters. The summed E-state index contributed by atoms with van der Waals surface area (Å²) in [4.78, 5) is 11.9. The van der Waals surface area contributed by atoms with Crippen LogP contribution in [0.3, 0.4) is 0 Å². The van der Waals surface area contributed by atoms with Gasteiger partial charge in [-0.2, -0.15) is 0 Å². The lowest BCUT2D eigenvalue weighted by Crippen LogP contribution is -2.35. The number of carbonyl (C=O) groups is 1. The molecule has 1 unspecified atom stereocenters. The standard InChI is InChI=1S/C10H14ClNO4S2/c1-6(4-16-3)12-9(13)8-5-17-10(7(8)2)18(11,14)15/h5-6H,4H2,1-3H3,(H,12,13). The van der Waals surface area contributed by atoms with Crippen molar-refractivity contribution in [3.8, 4) is 0 Å². The van der Waals surface area contributed by atoms with Gasteiger partial charge in [0.15, 0.2) is 0 Å². The Hall–Kier alpha value is -0.630. The predicted molar refractivity (Wildman–Crippen MR) is 70.9 cm³/mol. The van der Waals surface area contributed by atoms with E-state index >= 15 is 0 Å². The summed E-state index contributed by atoms with van der Waals surface area (Å²) in [5.74, 6) is -0.333. The van der Waals surface area contributed by atoms with Crippen molar-refractivity contribution >= 4 is 37.0 Å². The van der Waals surface area contributed by atoms with Gasteiger partial charge in [0.2, 0.25) is 0 Å². The fraction of sp³-hybridized carbons (Fsp3) is 0.500. The van der Waals surface area contributed by atoms with Crippen LogP contribution in [0.25, 0.3) is 0 Å². The van der Waals surface area contributed by atoms with Crippen LogP contribution in [0.15, 0.2) is 9.59 Å². The molecular weight excluding hydrogens is 298 g/mol. The highest BCUT2D eigenvalue weighted by Crippen LogP contribution is 2.29. The van der Waals surface area contributed by atoms with E-state index in [0.29, 0.717) is 17.7 Å². The van der Waals surface area contributed by atoms with Crippen molar-refractivity contribution in [1.82, 2.24) is 5.32 Å². The molecule has 102 valence electrons. The lowest BCUT2D eigenvalue weighted by atomic mass is 10.2. The number of methoxy groups -OCH3 is 1. The second-order valence-electron chi connectivity index (χ2n) is 3.83. The molecular formula is C10H14ClNO4S2. The molecule has 0 aliphatic carbocycles. The zero-order chi connectivity index (χ0) is 13.9. The van der Waals surface area contributed by atoms with E-state index in [4.69, 9.17) is 15.4 Å². The van der Waals surface area contributed by atoms with Crippen LogP contribution in [0, 0.1) is 6.92 Å². The molecule has 0 aromatic carbocycles. The zero-order valence-corrected chi connectivity index (χ0v) is 12.6. The topological polar surface area (TPSA) is 72.5 Å². The molecule has 0 fully saturated rings.